The number of hydrogen-bond acceptors (Lipinski definition) is 4. The molecule has 2 N–H and O–H groups in total. The number of ether oxygens (including phenoxy) is 1. The van der Waals surface area contributed by atoms with E-state index in [9.17, 15) is 9.18 Å². The summed E-state index contributed by atoms with van der Waals surface area (Å²) in [5.41, 5.74) is 1.93. The number of nitrogens with zero attached hydrogens (tertiary/aromatic N) is 2. The number of halogens is 1. The minimum absolute atomic E-state index is 0.237. The number of aromatic nitrogens is 1. The first-order chi connectivity index (χ1) is 15.2. The molecular formula is C24H25FN4O2. The summed E-state index contributed by atoms with van der Waals surface area (Å²) in [6.07, 6.45) is 2.64. The minimum Gasteiger partial charge on any atom is -0.439 e. The highest BCUT2D eigenvalue weighted by atomic mass is 19.1. The number of anilines is 1. The van der Waals surface area contributed by atoms with Crippen molar-refractivity contribution in [1.29, 1.82) is 0 Å². The molecule has 4 rings (SSSR count). The Kier molecular flexibility index (Phi) is 6.62. The molecule has 7 heteroatoms. The number of para-hydroxylation sites is 1. The number of amides is 2. The van der Waals surface area contributed by atoms with Crippen molar-refractivity contribution in [2.45, 2.75) is 13.0 Å². The van der Waals surface area contributed by atoms with Gasteiger partial charge in [0.25, 0.3) is 0 Å². The van der Waals surface area contributed by atoms with Crippen LogP contribution in [0.4, 0.5) is 14.9 Å². The number of carbonyl (C=O) groups is 1. The molecule has 0 aliphatic carbocycles. The van der Waals surface area contributed by atoms with Gasteiger partial charge in [-0.05, 0) is 42.7 Å². The summed E-state index contributed by atoms with van der Waals surface area (Å²) in [7, 11) is 0. The van der Waals surface area contributed by atoms with Gasteiger partial charge in [-0.15, -0.1) is 0 Å². The molecule has 1 unspecified atom stereocenters. The van der Waals surface area contributed by atoms with Gasteiger partial charge in [0.05, 0.1) is 0 Å². The molecule has 1 fully saturated rings. The molecule has 0 saturated carbocycles. The van der Waals surface area contributed by atoms with Crippen LogP contribution >= 0.6 is 0 Å². The molecule has 0 radical (unpaired) electrons. The zero-order chi connectivity index (χ0) is 21.5. The van der Waals surface area contributed by atoms with Gasteiger partial charge in [-0.3, -0.25) is 0 Å². The lowest BCUT2D eigenvalue weighted by atomic mass is 10.1. The van der Waals surface area contributed by atoms with E-state index >= 15 is 0 Å². The van der Waals surface area contributed by atoms with Gasteiger partial charge < -0.3 is 20.3 Å². The number of nitrogens with one attached hydrogen (secondary N) is 2. The average molecular weight is 420 g/mol. The highest BCUT2D eigenvalue weighted by molar-refractivity contribution is 5.73. The van der Waals surface area contributed by atoms with Gasteiger partial charge in [0.1, 0.15) is 11.6 Å². The van der Waals surface area contributed by atoms with Crippen molar-refractivity contribution in [2.75, 3.05) is 24.5 Å². The fourth-order valence-corrected chi connectivity index (χ4v) is 3.64. The molecule has 1 aliphatic heterocycles. The van der Waals surface area contributed by atoms with Gasteiger partial charge >= 0.3 is 6.03 Å². The van der Waals surface area contributed by atoms with Crippen molar-refractivity contribution >= 4 is 11.7 Å². The Bertz CT molecular complexity index is 1020. The van der Waals surface area contributed by atoms with Crippen LogP contribution in [0.3, 0.4) is 0 Å². The van der Waals surface area contributed by atoms with Gasteiger partial charge in [-0.1, -0.05) is 30.3 Å². The summed E-state index contributed by atoms with van der Waals surface area (Å²) >= 11 is 0. The molecule has 2 aromatic carbocycles. The molecule has 0 bridgehead atoms. The number of benzene rings is 2. The summed E-state index contributed by atoms with van der Waals surface area (Å²) in [6.45, 7) is 2.80. The molecule has 3 aromatic rings. The van der Waals surface area contributed by atoms with Crippen molar-refractivity contribution in [3.05, 3.63) is 84.3 Å². The Morgan fingerprint density at radius 3 is 2.81 bits per heavy atom. The first kappa shape index (κ1) is 20.7. The second-order valence-electron chi connectivity index (χ2n) is 7.53. The van der Waals surface area contributed by atoms with Crippen LogP contribution in [-0.4, -0.2) is 30.6 Å². The van der Waals surface area contributed by atoms with Gasteiger partial charge in [-0.2, -0.15) is 0 Å². The highest BCUT2D eigenvalue weighted by Crippen LogP contribution is 2.24. The second kappa shape index (κ2) is 9.93. The van der Waals surface area contributed by atoms with Crippen molar-refractivity contribution < 1.29 is 13.9 Å². The van der Waals surface area contributed by atoms with E-state index in [0.717, 1.165) is 19.5 Å². The first-order valence-electron chi connectivity index (χ1n) is 10.4. The summed E-state index contributed by atoms with van der Waals surface area (Å²) in [5, 5.41) is 5.80. The van der Waals surface area contributed by atoms with Crippen LogP contribution in [-0.2, 0) is 6.54 Å². The maximum Gasteiger partial charge on any atom is 0.315 e. The molecule has 1 atom stereocenters. The third kappa shape index (κ3) is 5.72. The van der Waals surface area contributed by atoms with E-state index in [0.29, 0.717) is 29.7 Å². The van der Waals surface area contributed by atoms with E-state index in [4.69, 9.17) is 4.74 Å². The smallest absolute Gasteiger partial charge is 0.315 e. The molecule has 2 heterocycles. The zero-order valence-electron chi connectivity index (χ0n) is 17.1. The van der Waals surface area contributed by atoms with Crippen molar-refractivity contribution in [2.24, 2.45) is 5.92 Å². The maximum absolute atomic E-state index is 13.4. The van der Waals surface area contributed by atoms with E-state index in [1.165, 1.54) is 17.8 Å². The number of urea groups is 1. The monoisotopic (exact) mass is 420 g/mol. The van der Waals surface area contributed by atoms with Crippen molar-refractivity contribution in [3.63, 3.8) is 0 Å². The van der Waals surface area contributed by atoms with E-state index in [-0.39, 0.29) is 18.4 Å². The molecule has 1 aliphatic rings. The van der Waals surface area contributed by atoms with Crippen molar-refractivity contribution in [3.8, 4) is 11.6 Å². The summed E-state index contributed by atoms with van der Waals surface area (Å²) in [5.74, 6) is 0.720. The maximum atomic E-state index is 13.4. The number of hydrogen-bond donors (Lipinski definition) is 2. The van der Waals surface area contributed by atoms with E-state index in [2.05, 4.69) is 32.7 Å². The Morgan fingerprint density at radius 2 is 1.97 bits per heavy atom. The first-order valence-corrected chi connectivity index (χ1v) is 10.4. The number of rotatable bonds is 7. The molecule has 31 heavy (non-hydrogen) atoms. The minimum atomic E-state index is -0.384. The fourth-order valence-electron chi connectivity index (χ4n) is 3.64. The largest absolute Gasteiger partial charge is 0.439 e. The molecule has 160 valence electrons. The zero-order valence-corrected chi connectivity index (χ0v) is 17.1. The topological polar surface area (TPSA) is 66.5 Å². The Hall–Kier alpha value is -3.61. The lowest BCUT2D eigenvalue weighted by Gasteiger charge is -2.18. The Balaban J connectivity index is 1.25. The predicted molar refractivity (Wildman–Crippen MR) is 118 cm³/mol. The lowest BCUT2D eigenvalue weighted by molar-refractivity contribution is 0.239. The normalized spacial score (nSPS) is 15.5. The summed E-state index contributed by atoms with van der Waals surface area (Å²) in [4.78, 5) is 18.8. The number of carbonyl (C=O) groups excluding carboxylic acids is 1. The van der Waals surface area contributed by atoms with E-state index in [1.807, 2.05) is 24.3 Å². The standard InChI is InChI=1S/C24H25FN4O2/c25-20-7-4-10-22(14-20)31-23-19(6-5-12-26-23)16-28-24(30)27-15-18-11-13-29(17-18)21-8-2-1-3-9-21/h1-10,12,14,18H,11,13,15-17H2,(H2,27,28,30). The third-order valence-electron chi connectivity index (χ3n) is 5.26. The molecule has 1 aromatic heterocycles. The highest BCUT2D eigenvalue weighted by Gasteiger charge is 2.23. The molecule has 1 saturated heterocycles. The van der Waals surface area contributed by atoms with E-state index < -0.39 is 0 Å². The van der Waals surface area contributed by atoms with Gasteiger partial charge in [0, 0.05) is 49.7 Å². The van der Waals surface area contributed by atoms with Crippen molar-refractivity contribution in [1.82, 2.24) is 15.6 Å². The Morgan fingerprint density at radius 1 is 1.10 bits per heavy atom. The van der Waals surface area contributed by atoms with Crippen LogP contribution in [0.1, 0.15) is 12.0 Å². The molecular weight excluding hydrogens is 395 g/mol. The van der Waals surface area contributed by atoms with Gasteiger partial charge in [-0.25, -0.2) is 14.2 Å². The number of pyridine rings is 1. The van der Waals surface area contributed by atoms with Crippen LogP contribution < -0.4 is 20.3 Å². The SMILES string of the molecule is O=C(NCc1cccnc1Oc1cccc(F)c1)NCC1CCN(c2ccccc2)C1. The fraction of sp³-hybridized carbons (Fsp3) is 0.250. The van der Waals surface area contributed by atoms with Gasteiger partial charge in [0.2, 0.25) is 5.88 Å². The molecule has 0 spiro atoms. The summed E-state index contributed by atoms with van der Waals surface area (Å²) < 4.78 is 19.1. The molecule has 2 amide bonds. The second-order valence-corrected chi connectivity index (χ2v) is 7.53. The summed E-state index contributed by atoms with van der Waals surface area (Å²) in [6, 6.07) is 19.5. The quantitative estimate of drug-likeness (QED) is 0.597. The van der Waals surface area contributed by atoms with Crippen LogP contribution in [0.5, 0.6) is 11.6 Å². The molecule has 6 nitrogen and oxygen atoms in total. The lowest BCUT2D eigenvalue weighted by Crippen LogP contribution is -2.38. The van der Waals surface area contributed by atoms with Crippen LogP contribution in [0.2, 0.25) is 0 Å². The predicted octanol–water partition coefficient (Wildman–Crippen LogP) is 4.34. The average Bonchev–Trinajstić information content (AvgIpc) is 3.27. The van der Waals surface area contributed by atoms with E-state index in [1.54, 1.807) is 24.4 Å². The van der Waals surface area contributed by atoms with Gasteiger partial charge in [0.15, 0.2) is 0 Å². The third-order valence-corrected chi connectivity index (χ3v) is 5.26. The van der Waals surface area contributed by atoms with Crippen LogP contribution in [0, 0.1) is 11.7 Å². The van der Waals surface area contributed by atoms with Crippen LogP contribution in [0.15, 0.2) is 72.9 Å². The van der Waals surface area contributed by atoms with Crippen LogP contribution in [0.25, 0.3) is 0 Å². The Labute approximate surface area is 181 Å².